The molecular weight excluding hydrogens is 392 g/mol. The van der Waals surface area contributed by atoms with Gasteiger partial charge in [-0.2, -0.15) is 0 Å². The quantitative estimate of drug-likeness (QED) is 0.505. The summed E-state index contributed by atoms with van der Waals surface area (Å²) in [5.74, 6) is 0.902. The van der Waals surface area contributed by atoms with Crippen molar-refractivity contribution in [2.45, 2.75) is 19.4 Å². The lowest BCUT2D eigenvalue weighted by Gasteiger charge is -2.17. The molecule has 1 aromatic carbocycles. The van der Waals surface area contributed by atoms with Crippen LogP contribution in [0.5, 0.6) is 0 Å². The largest absolute Gasteiger partial charge is 0.357 e. The van der Waals surface area contributed by atoms with Crippen LogP contribution in [0.4, 0.5) is 5.82 Å². The highest BCUT2D eigenvalue weighted by Crippen LogP contribution is 2.28. The number of amides is 1. The van der Waals surface area contributed by atoms with Crippen LogP contribution in [-0.2, 0) is 6.54 Å². The van der Waals surface area contributed by atoms with Crippen LogP contribution < -0.4 is 10.2 Å². The van der Waals surface area contributed by atoms with E-state index in [1.165, 1.54) is 12.8 Å². The van der Waals surface area contributed by atoms with Crippen LogP contribution in [0.25, 0.3) is 21.5 Å². The van der Waals surface area contributed by atoms with Crippen molar-refractivity contribution in [2.75, 3.05) is 18.0 Å². The standard InChI is InChI=1S/C24H22N4OS/c29-24(26-16-17-9-10-25-23(14-17)28-11-3-4-12-28)19-15-21(22-8-5-13-30-22)27-20-7-2-1-6-18(19)20/h1-2,5-10,13-15H,3-4,11-12,16H2,(H,26,29). The second-order valence-electron chi connectivity index (χ2n) is 7.45. The molecule has 1 saturated heterocycles. The van der Waals surface area contributed by atoms with Crippen molar-refractivity contribution < 1.29 is 4.79 Å². The zero-order valence-electron chi connectivity index (χ0n) is 16.5. The molecule has 30 heavy (non-hydrogen) atoms. The Labute approximate surface area is 179 Å². The molecule has 0 unspecified atom stereocenters. The first-order valence-corrected chi connectivity index (χ1v) is 11.1. The Kier molecular flexibility index (Phi) is 5.15. The molecule has 150 valence electrons. The summed E-state index contributed by atoms with van der Waals surface area (Å²) in [7, 11) is 0. The summed E-state index contributed by atoms with van der Waals surface area (Å²) in [6.07, 6.45) is 4.25. The Bertz CT molecular complexity index is 1180. The molecule has 0 atom stereocenters. The van der Waals surface area contributed by atoms with Crippen molar-refractivity contribution in [1.29, 1.82) is 0 Å². The third-order valence-corrected chi connectivity index (χ3v) is 6.32. The van der Waals surface area contributed by atoms with E-state index < -0.39 is 0 Å². The van der Waals surface area contributed by atoms with E-state index in [0.29, 0.717) is 12.1 Å². The molecule has 4 heterocycles. The number of para-hydroxylation sites is 1. The van der Waals surface area contributed by atoms with Gasteiger partial charge in [-0.3, -0.25) is 4.79 Å². The maximum Gasteiger partial charge on any atom is 0.252 e. The number of carbonyl (C=O) groups is 1. The van der Waals surface area contributed by atoms with Crippen LogP contribution in [0.2, 0.25) is 0 Å². The van der Waals surface area contributed by atoms with Gasteiger partial charge in [0.05, 0.1) is 21.7 Å². The van der Waals surface area contributed by atoms with E-state index in [2.05, 4.69) is 21.3 Å². The van der Waals surface area contributed by atoms with Crippen molar-refractivity contribution >= 4 is 34.0 Å². The number of pyridine rings is 2. The Morgan fingerprint density at radius 2 is 1.93 bits per heavy atom. The van der Waals surface area contributed by atoms with Gasteiger partial charge in [0, 0.05) is 31.2 Å². The van der Waals surface area contributed by atoms with Crippen molar-refractivity contribution in [3.05, 3.63) is 77.3 Å². The van der Waals surface area contributed by atoms with Gasteiger partial charge in [-0.05, 0) is 54.1 Å². The average Bonchev–Trinajstić information content (AvgIpc) is 3.51. The molecule has 1 N–H and O–H groups in total. The van der Waals surface area contributed by atoms with E-state index >= 15 is 0 Å². The van der Waals surface area contributed by atoms with E-state index in [0.717, 1.165) is 45.9 Å². The van der Waals surface area contributed by atoms with E-state index in [-0.39, 0.29) is 5.91 Å². The highest BCUT2D eigenvalue weighted by molar-refractivity contribution is 7.13. The molecule has 0 radical (unpaired) electrons. The molecule has 0 aliphatic carbocycles. The van der Waals surface area contributed by atoms with Crippen LogP contribution in [-0.4, -0.2) is 29.0 Å². The Morgan fingerprint density at radius 3 is 2.77 bits per heavy atom. The highest BCUT2D eigenvalue weighted by atomic mass is 32.1. The topological polar surface area (TPSA) is 58.1 Å². The predicted octanol–water partition coefficient (Wildman–Crippen LogP) is 4.89. The van der Waals surface area contributed by atoms with Crippen LogP contribution in [0.3, 0.4) is 0 Å². The van der Waals surface area contributed by atoms with Crippen molar-refractivity contribution in [3.63, 3.8) is 0 Å². The van der Waals surface area contributed by atoms with Gasteiger partial charge in [0.15, 0.2) is 0 Å². The van der Waals surface area contributed by atoms with Gasteiger partial charge in [-0.25, -0.2) is 9.97 Å². The number of hydrogen-bond acceptors (Lipinski definition) is 5. The molecule has 6 heteroatoms. The summed E-state index contributed by atoms with van der Waals surface area (Å²) >= 11 is 1.62. The summed E-state index contributed by atoms with van der Waals surface area (Å²) in [6, 6.07) is 17.8. The van der Waals surface area contributed by atoms with Gasteiger partial charge in [0.2, 0.25) is 0 Å². The SMILES string of the molecule is O=C(NCc1ccnc(N2CCCC2)c1)c1cc(-c2cccs2)nc2ccccc12. The van der Waals surface area contributed by atoms with Gasteiger partial charge >= 0.3 is 0 Å². The number of nitrogens with one attached hydrogen (secondary N) is 1. The van der Waals surface area contributed by atoms with E-state index in [9.17, 15) is 4.79 Å². The summed E-state index contributed by atoms with van der Waals surface area (Å²) in [6.45, 7) is 2.57. The van der Waals surface area contributed by atoms with Gasteiger partial charge in [0.1, 0.15) is 5.82 Å². The number of aromatic nitrogens is 2. The zero-order chi connectivity index (χ0) is 20.3. The Balaban J connectivity index is 1.40. The predicted molar refractivity (Wildman–Crippen MR) is 122 cm³/mol. The first-order chi connectivity index (χ1) is 14.8. The van der Waals surface area contributed by atoms with E-state index in [4.69, 9.17) is 4.98 Å². The van der Waals surface area contributed by atoms with Crippen molar-refractivity contribution in [1.82, 2.24) is 15.3 Å². The van der Waals surface area contributed by atoms with Crippen molar-refractivity contribution in [3.8, 4) is 10.6 Å². The first kappa shape index (κ1) is 18.8. The molecule has 1 aliphatic heterocycles. The first-order valence-electron chi connectivity index (χ1n) is 10.2. The highest BCUT2D eigenvalue weighted by Gasteiger charge is 2.16. The molecule has 1 amide bonds. The summed E-state index contributed by atoms with van der Waals surface area (Å²) in [5.41, 5.74) is 3.36. The zero-order valence-corrected chi connectivity index (χ0v) is 17.4. The normalized spacial score (nSPS) is 13.7. The Morgan fingerprint density at radius 1 is 1.07 bits per heavy atom. The minimum Gasteiger partial charge on any atom is -0.357 e. The molecular formula is C24H22N4OS. The lowest BCUT2D eigenvalue weighted by molar-refractivity contribution is 0.0952. The molecule has 0 bridgehead atoms. The smallest absolute Gasteiger partial charge is 0.252 e. The molecule has 3 aromatic heterocycles. The molecule has 0 spiro atoms. The fraction of sp³-hybridized carbons (Fsp3) is 0.208. The minimum absolute atomic E-state index is 0.0917. The Hall–Kier alpha value is -3.25. The molecule has 4 aromatic rings. The number of carbonyl (C=O) groups excluding carboxylic acids is 1. The van der Waals surface area contributed by atoms with Crippen LogP contribution in [0.1, 0.15) is 28.8 Å². The van der Waals surface area contributed by atoms with Crippen LogP contribution in [0.15, 0.2) is 66.2 Å². The molecule has 1 fully saturated rings. The van der Waals surface area contributed by atoms with Crippen LogP contribution in [0, 0.1) is 0 Å². The number of rotatable bonds is 5. The number of anilines is 1. The lowest BCUT2D eigenvalue weighted by atomic mass is 10.1. The molecule has 1 aliphatic rings. The third-order valence-electron chi connectivity index (χ3n) is 5.43. The number of thiophene rings is 1. The molecule has 0 saturated carbocycles. The maximum atomic E-state index is 13.1. The van der Waals surface area contributed by atoms with E-state index in [1.807, 2.05) is 60.1 Å². The van der Waals surface area contributed by atoms with Crippen LogP contribution >= 0.6 is 11.3 Å². The van der Waals surface area contributed by atoms with E-state index in [1.54, 1.807) is 11.3 Å². The number of fused-ring (bicyclic) bond motifs is 1. The summed E-state index contributed by atoms with van der Waals surface area (Å²) < 4.78 is 0. The van der Waals surface area contributed by atoms with Gasteiger partial charge in [0.25, 0.3) is 5.91 Å². The van der Waals surface area contributed by atoms with Crippen molar-refractivity contribution in [2.24, 2.45) is 0 Å². The minimum atomic E-state index is -0.0917. The van der Waals surface area contributed by atoms with Gasteiger partial charge in [-0.1, -0.05) is 24.3 Å². The maximum absolute atomic E-state index is 13.1. The number of hydrogen-bond donors (Lipinski definition) is 1. The van der Waals surface area contributed by atoms with Gasteiger partial charge in [-0.15, -0.1) is 11.3 Å². The molecule has 5 rings (SSSR count). The molecule has 5 nitrogen and oxygen atoms in total. The number of nitrogens with zero attached hydrogens (tertiary/aromatic N) is 3. The average molecular weight is 415 g/mol. The third kappa shape index (κ3) is 3.78. The summed E-state index contributed by atoms with van der Waals surface area (Å²) in [5, 5.41) is 5.97. The fourth-order valence-corrected chi connectivity index (χ4v) is 4.57. The second-order valence-corrected chi connectivity index (χ2v) is 8.40. The monoisotopic (exact) mass is 414 g/mol. The fourth-order valence-electron chi connectivity index (χ4n) is 3.88. The number of benzene rings is 1. The summed E-state index contributed by atoms with van der Waals surface area (Å²) in [4.78, 5) is 25.7. The van der Waals surface area contributed by atoms with Gasteiger partial charge < -0.3 is 10.2 Å². The second kappa shape index (κ2) is 8.24. The lowest BCUT2D eigenvalue weighted by Crippen LogP contribution is -2.24.